The van der Waals surface area contributed by atoms with E-state index in [4.69, 9.17) is 0 Å². The Morgan fingerprint density at radius 3 is 1.65 bits per heavy atom. The van der Waals surface area contributed by atoms with Gasteiger partial charge in [-0.2, -0.15) is 26.3 Å². The van der Waals surface area contributed by atoms with Crippen molar-refractivity contribution in [1.82, 2.24) is 0 Å². The number of halogens is 10. The van der Waals surface area contributed by atoms with Crippen LogP contribution in [-0.2, 0) is 0 Å². The molecule has 0 bridgehead atoms. The summed E-state index contributed by atoms with van der Waals surface area (Å²) in [6.45, 7) is -0.109. The summed E-state index contributed by atoms with van der Waals surface area (Å²) in [5.41, 5.74) is -4.24. The molecule has 0 rings (SSSR count). The van der Waals surface area contributed by atoms with Crippen molar-refractivity contribution in [2.24, 2.45) is 5.92 Å². The van der Waals surface area contributed by atoms with Crippen molar-refractivity contribution in [1.29, 1.82) is 0 Å². The fourth-order valence-corrected chi connectivity index (χ4v) is 2.28. The molecule has 0 nitrogen and oxygen atoms in total. The first kappa shape index (κ1) is 20.1. The Labute approximate surface area is 123 Å². The highest BCUT2D eigenvalue weighted by Gasteiger charge is 2.58. The smallest absolute Gasteiger partial charge is 0.234 e. The van der Waals surface area contributed by atoms with Crippen LogP contribution in [0.2, 0.25) is 0 Å². The molecule has 0 aliphatic carbocycles. The SMILES string of the molecule is CC(F)(CC(F)(F)CC(CCI)C(F)(F)F)C(F)(F)F. The van der Waals surface area contributed by atoms with E-state index in [1.54, 1.807) is 0 Å². The average molecular weight is 430 g/mol. The van der Waals surface area contributed by atoms with Crippen molar-refractivity contribution in [3.8, 4) is 0 Å². The molecule has 0 heterocycles. The second kappa shape index (κ2) is 6.47. The molecular formula is C10H12F9I. The standard InChI is InChI=1S/C10H12F9I/c1-7(11,10(17,18)19)5-8(12,13)4-6(2-3-20)9(14,15)16/h6H,2-5H2,1H3. The van der Waals surface area contributed by atoms with Crippen molar-refractivity contribution in [2.45, 2.75) is 50.1 Å². The van der Waals surface area contributed by atoms with E-state index < -0.39 is 49.1 Å². The third kappa shape index (κ3) is 6.25. The lowest BCUT2D eigenvalue weighted by molar-refractivity contribution is -0.250. The van der Waals surface area contributed by atoms with Crippen molar-refractivity contribution >= 4 is 22.6 Å². The molecule has 10 heteroatoms. The van der Waals surface area contributed by atoms with Crippen LogP contribution in [0.1, 0.15) is 26.2 Å². The summed E-state index contributed by atoms with van der Waals surface area (Å²) < 4.78 is 113. The maximum atomic E-state index is 13.3. The van der Waals surface area contributed by atoms with Crippen LogP contribution in [0.3, 0.4) is 0 Å². The summed E-state index contributed by atoms with van der Waals surface area (Å²) in [6, 6.07) is 0. The lowest BCUT2D eigenvalue weighted by atomic mass is 9.90. The van der Waals surface area contributed by atoms with E-state index in [0.29, 0.717) is 0 Å². The zero-order valence-electron chi connectivity index (χ0n) is 10.2. The summed E-state index contributed by atoms with van der Waals surface area (Å²) >= 11 is 1.54. The first-order valence-electron chi connectivity index (χ1n) is 5.38. The van der Waals surface area contributed by atoms with Crippen LogP contribution in [0.25, 0.3) is 0 Å². The predicted octanol–water partition coefficient (Wildman–Crippen LogP) is 5.70. The summed E-state index contributed by atoms with van der Waals surface area (Å²) in [6.07, 6.45) is -15.4. The van der Waals surface area contributed by atoms with Crippen molar-refractivity contribution < 1.29 is 39.5 Å². The minimum Gasteiger partial charge on any atom is -0.234 e. The molecule has 0 radical (unpaired) electrons. The van der Waals surface area contributed by atoms with Gasteiger partial charge in [-0.15, -0.1) is 0 Å². The monoisotopic (exact) mass is 430 g/mol. The van der Waals surface area contributed by atoms with E-state index in [9.17, 15) is 39.5 Å². The number of hydrogen-bond acceptors (Lipinski definition) is 0. The Hall–Kier alpha value is 0.100. The fourth-order valence-electron chi connectivity index (χ4n) is 1.53. The van der Waals surface area contributed by atoms with Gasteiger partial charge in [0.25, 0.3) is 5.92 Å². The van der Waals surface area contributed by atoms with Gasteiger partial charge in [0.1, 0.15) is 0 Å². The van der Waals surface area contributed by atoms with Gasteiger partial charge in [-0.05, 0) is 13.3 Å². The average Bonchev–Trinajstić information content (AvgIpc) is 2.11. The number of hydrogen-bond donors (Lipinski definition) is 0. The lowest BCUT2D eigenvalue weighted by Gasteiger charge is -2.30. The highest BCUT2D eigenvalue weighted by molar-refractivity contribution is 14.1. The topological polar surface area (TPSA) is 0 Å². The highest BCUT2D eigenvalue weighted by atomic mass is 127. The Morgan fingerprint density at radius 1 is 0.900 bits per heavy atom. The molecular weight excluding hydrogens is 418 g/mol. The van der Waals surface area contributed by atoms with E-state index in [0.717, 1.165) is 0 Å². The van der Waals surface area contributed by atoms with Gasteiger partial charge < -0.3 is 0 Å². The van der Waals surface area contributed by atoms with Gasteiger partial charge in [-0.3, -0.25) is 0 Å². The minimum absolute atomic E-state index is 0.0931. The van der Waals surface area contributed by atoms with Crippen molar-refractivity contribution in [2.75, 3.05) is 4.43 Å². The summed E-state index contributed by atoms with van der Waals surface area (Å²) in [7, 11) is 0. The molecule has 0 aromatic rings. The molecule has 20 heavy (non-hydrogen) atoms. The summed E-state index contributed by atoms with van der Waals surface area (Å²) in [5, 5.41) is 0. The molecule has 0 amide bonds. The largest absolute Gasteiger partial charge is 0.422 e. The third-order valence-corrected chi connectivity index (χ3v) is 3.27. The molecule has 0 aromatic carbocycles. The Bertz CT molecular complexity index is 305. The van der Waals surface area contributed by atoms with Gasteiger partial charge in [-0.1, -0.05) is 22.6 Å². The van der Waals surface area contributed by atoms with Crippen molar-refractivity contribution in [3.05, 3.63) is 0 Å². The van der Waals surface area contributed by atoms with Gasteiger partial charge >= 0.3 is 12.4 Å². The minimum atomic E-state index is -5.56. The normalized spacial score (nSPS) is 18.8. The highest BCUT2D eigenvalue weighted by Crippen LogP contribution is 2.45. The van der Waals surface area contributed by atoms with Gasteiger partial charge in [0.05, 0.1) is 12.3 Å². The zero-order valence-corrected chi connectivity index (χ0v) is 12.3. The van der Waals surface area contributed by atoms with E-state index >= 15 is 0 Å². The lowest BCUT2D eigenvalue weighted by Crippen LogP contribution is -2.44. The molecule has 0 N–H and O–H groups in total. The molecule has 0 fully saturated rings. The first-order valence-corrected chi connectivity index (χ1v) is 6.91. The predicted molar refractivity (Wildman–Crippen MR) is 62.8 cm³/mol. The van der Waals surface area contributed by atoms with Crippen LogP contribution >= 0.6 is 22.6 Å². The molecule has 0 aliphatic heterocycles. The van der Waals surface area contributed by atoms with E-state index in [1.807, 2.05) is 0 Å². The van der Waals surface area contributed by atoms with E-state index in [-0.39, 0.29) is 11.4 Å². The molecule has 0 spiro atoms. The van der Waals surface area contributed by atoms with Gasteiger partial charge in [0, 0.05) is 10.8 Å². The second-order valence-electron chi connectivity index (χ2n) is 4.65. The van der Waals surface area contributed by atoms with Crippen LogP contribution in [0.15, 0.2) is 0 Å². The molecule has 0 saturated heterocycles. The number of rotatable bonds is 6. The summed E-state index contributed by atoms with van der Waals surface area (Å²) in [4.78, 5) is 0. The fraction of sp³-hybridized carbons (Fsp3) is 1.00. The Balaban J connectivity index is 4.97. The van der Waals surface area contributed by atoms with Crippen LogP contribution < -0.4 is 0 Å². The molecule has 122 valence electrons. The third-order valence-electron chi connectivity index (χ3n) is 2.65. The van der Waals surface area contributed by atoms with Crippen LogP contribution in [-0.4, -0.2) is 28.4 Å². The molecule has 2 unspecified atom stereocenters. The summed E-state index contributed by atoms with van der Waals surface area (Å²) in [5.74, 6) is -6.86. The van der Waals surface area contributed by atoms with Gasteiger partial charge in [0.15, 0.2) is 0 Å². The Morgan fingerprint density at radius 2 is 1.35 bits per heavy atom. The van der Waals surface area contributed by atoms with Gasteiger partial charge in [-0.25, -0.2) is 13.2 Å². The van der Waals surface area contributed by atoms with Crippen LogP contribution in [0.5, 0.6) is 0 Å². The van der Waals surface area contributed by atoms with Crippen LogP contribution in [0.4, 0.5) is 39.5 Å². The van der Waals surface area contributed by atoms with E-state index in [1.165, 1.54) is 22.6 Å². The molecule has 0 saturated carbocycles. The van der Waals surface area contributed by atoms with Crippen LogP contribution in [0, 0.1) is 5.92 Å². The number of alkyl halides is 10. The maximum absolute atomic E-state index is 13.3. The Kier molecular flexibility index (Phi) is 6.50. The molecule has 0 aromatic heterocycles. The second-order valence-corrected chi connectivity index (χ2v) is 5.73. The van der Waals surface area contributed by atoms with Gasteiger partial charge in [0.2, 0.25) is 5.67 Å². The van der Waals surface area contributed by atoms with Crippen molar-refractivity contribution in [3.63, 3.8) is 0 Å². The van der Waals surface area contributed by atoms with E-state index in [2.05, 4.69) is 0 Å². The first-order chi connectivity index (χ1) is 8.62. The maximum Gasteiger partial charge on any atom is 0.422 e. The quantitative estimate of drug-likeness (QED) is 0.289. The zero-order chi connectivity index (χ0) is 16.4. The molecule has 0 aliphatic rings. The molecule has 2 atom stereocenters.